The normalized spacial score (nSPS) is 10.7. The van der Waals surface area contributed by atoms with Crippen molar-refractivity contribution in [3.8, 4) is 5.75 Å². The van der Waals surface area contributed by atoms with Gasteiger partial charge in [-0.15, -0.1) is 0 Å². The van der Waals surface area contributed by atoms with E-state index >= 15 is 0 Å². The Hall–Kier alpha value is -1.78. The Labute approximate surface area is 126 Å². The number of unbranched alkanes of at least 4 members (excludes halogenated alkanes) is 1. The number of anilines is 1. The summed E-state index contributed by atoms with van der Waals surface area (Å²) in [6.45, 7) is 7.60. The van der Waals surface area contributed by atoms with Crippen LogP contribution in [0.1, 0.15) is 46.5 Å². The minimum absolute atomic E-state index is 0.0369. The van der Waals surface area contributed by atoms with Crippen LogP contribution in [0.25, 0.3) is 0 Å². The quantitative estimate of drug-likeness (QED) is 0.388. The monoisotopic (exact) mass is 294 g/mol. The Bertz CT molecular complexity index is 447. The second-order valence-electron chi connectivity index (χ2n) is 5.57. The molecule has 5 nitrogen and oxygen atoms in total. The summed E-state index contributed by atoms with van der Waals surface area (Å²) in [4.78, 5) is 10.9. The molecule has 1 aromatic carbocycles. The van der Waals surface area contributed by atoms with E-state index in [-0.39, 0.29) is 10.6 Å². The van der Waals surface area contributed by atoms with Crippen molar-refractivity contribution in [1.29, 1.82) is 0 Å². The van der Waals surface area contributed by atoms with Crippen molar-refractivity contribution in [2.24, 2.45) is 5.92 Å². The van der Waals surface area contributed by atoms with Gasteiger partial charge in [0, 0.05) is 6.54 Å². The van der Waals surface area contributed by atoms with Gasteiger partial charge in [-0.2, -0.15) is 0 Å². The molecule has 0 saturated heterocycles. The molecular weight excluding hydrogens is 268 g/mol. The minimum atomic E-state index is -0.374. The van der Waals surface area contributed by atoms with Crippen LogP contribution < -0.4 is 10.1 Å². The van der Waals surface area contributed by atoms with Gasteiger partial charge in [-0.25, -0.2) is 0 Å². The molecule has 5 heteroatoms. The Kier molecular flexibility index (Phi) is 7.58. The van der Waals surface area contributed by atoms with Crippen molar-refractivity contribution < 1.29 is 9.66 Å². The molecule has 0 spiro atoms. The molecule has 21 heavy (non-hydrogen) atoms. The Morgan fingerprint density at radius 2 is 2.10 bits per heavy atom. The molecule has 1 N–H and O–H groups in total. The lowest BCUT2D eigenvalue weighted by atomic mass is 10.1. The summed E-state index contributed by atoms with van der Waals surface area (Å²) in [7, 11) is 0. The number of hydrogen-bond donors (Lipinski definition) is 1. The number of benzene rings is 1. The van der Waals surface area contributed by atoms with Crippen molar-refractivity contribution in [2.45, 2.75) is 46.5 Å². The number of nitrogens with one attached hydrogen (secondary N) is 1. The van der Waals surface area contributed by atoms with E-state index in [9.17, 15) is 10.1 Å². The fourth-order valence-electron chi connectivity index (χ4n) is 2.08. The Morgan fingerprint density at radius 3 is 2.71 bits per heavy atom. The van der Waals surface area contributed by atoms with Crippen LogP contribution in [0.2, 0.25) is 0 Å². The maximum absolute atomic E-state index is 11.3. The minimum Gasteiger partial charge on any atom is -0.487 e. The fourth-order valence-corrected chi connectivity index (χ4v) is 2.08. The predicted octanol–water partition coefficient (Wildman–Crippen LogP) is 4.62. The summed E-state index contributed by atoms with van der Waals surface area (Å²) in [5, 5.41) is 14.4. The number of nitro benzene ring substituents is 1. The van der Waals surface area contributed by atoms with E-state index in [0.717, 1.165) is 25.8 Å². The third kappa shape index (κ3) is 6.02. The van der Waals surface area contributed by atoms with Gasteiger partial charge in [0.05, 0.1) is 11.5 Å². The molecule has 0 radical (unpaired) electrons. The molecule has 0 aliphatic carbocycles. The van der Waals surface area contributed by atoms with Crippen LogP contribution in [0.4, 0.5) is 11.4 Å². The van der Waals surface area contributed by atoms with E-state index in [1.165, 1.54) is 6.42 Å². The Balaban J connectivity index is 2.65. The average molecular weight is 294 g/mol. The van der Waals surface area contributed by atoms with Gasteiger partial charge in [0.2, 0.25) is 0 Å². The number of hydrogen-bond acceptors (Lipinski definition) is 4. The lowest BCUT2D eigenvalue weighted by molar-refractivity contribution is -0.385. The highest BCUT2D eigenvalue weighted by atomic mass is 16.6. The van der Waals surface area contributed by atoms with Gasteiger partial charge in [0.15, 0.2) is 5.75 Å². The molecule has 0 unspecified atom stereocenters. The highest BCUT2D eigenvalue weighted by Gasteiger charge is 2.20. The molecule has 0 bridgehead atoms. The molecule has 0 amide bonds. The predicted molar refractivity (Wildman–Crippen MR) is 86.1 cm³/mol. The molecule has 0 heterocycles. The second-order valence-corrected chi connectivity index (χ2v) is 5.57. The van der Waals surface area contributed by atoms with Gasteiger partial charge >= 0.3 is 5.69 Å². The maximum atomic E-state index is 11.3. The number of rotatable bonds is 10. The van der Waals surface area contributed by atoms with Crippen molar-refractivity contribution in [1.82, 2.24) is 0 Å². The van der Waals surface area contributed by atoms with E-state index in [2.05, 4.69) is 19.2 Å². The van der Waals surface area contributed by atoms with Gasteiger partial charge < -0.3 is 10.1 Å². The first-order valence-electron chi connectivity index (χ1n) is 7.70. The van der Waals surface area contributed by atoms with Gasteiger partial charge in [0.25, 0.3) is 0 Å². The standard InChI is InChI=1S/C16H26N2O3/c1-4-12-21-15-10-7-9-14(16(15)18(19)20)17-11-6-5-8-13(2)3/h7,9-10,13,17H,4-6,8,11-12H2,1-3H3. The van der Waals surface area contributed by atoms with Crippen LogP contribution in [-0.4, -0.2) is 18.1 Å². The van der Waals surface area contributed by atoms with Gasteiger partial charge in [0.1, 0.15) is 5.69 Å². The van der Waals surface area contributed by atoms with Crippen molar-refractivity contribution >= 4 is 11.4 Å². The molecule has 118 valence electrons. The number of nitrogens with zero attached hydrogens (tertiary/aromatic N) is 1. The first kappa shape index (κ1) is 17.3. The third-order valence-corrected chi connectivity index (χ3v) is 3.17. The summed E-state index contributed by atoms with van der Waals surface area (Å²) in [5.41, 5.74) is 0.577. The van der Waals surface area contributed by atoms with Crippen LogP contribution in [0.15, 0.2) is 18.2 Å². The lowest BCUT2D eigenvalue weighted by Gasteiger charge is -2.11. The SMILES string of the molecule is CCCOc1cccc(NCCCCC(C)C)c1[N+](=O)[O-]. The zero-order chi connectivity index (χ0) is 15.7. The first-order valence-corrected chi connectivity index (χ1v) is 7.70. The average Bonchev–Trinajstić information content (AvgIpc) is 2.44. The van der Waals surface area contributed by atoms with Crippen LogP contribution >= 0.6 is 0 Å². The van der Waals surface area contributed by atoms with Crippen LogP contribution in [-0.2, 0) is 0 Å². The molecule has 0 aromatic heterocycles. The first-order chi connectivity index (χ1) is 10.1. The fraction of sp³-hybridized carbons (Fsp3) is 0.625. The molecule has 1 rings (SSSR count). The highest BCUT2D eigenvalue weighted by molar-refractivity contribution is 5.68. The highest BCUT2D eigenvalue weighted by Crippen LogP contribution is 2.34. The summed E-state index contributed by atoms with van der Waals surface area (Å²) < 4.78 is 5.47. The van der Waals surface area contributed by atoms with E-state index in [1.54, 1.807) is 18.2 Å². The van der Waals surface area contributed by atoms with E-state index in [4.69, 9.17) is 4.74 Å². The molecule has 0 aliphatic heterocycles. The summed E-state index contributed by atoms with van der Waals surface area (Å²) in [6.07, 6.45) is 4.15. The molecule has 1 aromatic rings. The van der Waals surface area contributed by atoms with Crippen LogP contribution in [0.3, 0.4) is 0 Å². The summed E-state index contributed by atoms with van der Waals surface area (Å²) in [5.74, 6) is 1.04. The van der Waals surface area contributed by atoms with Crippen LogP contribution in [0, 0.1) is 16.0 Å². The third-order valence-electron chi connectivity index (χ3n) is 3.17. The number of para-hydroxylation sites is 1. The summed E-state index contributed by atoms with van der Waals surface area (Å²) in [6, 6.07) is 5.17. The smallest absolute Gasteiger partial charge is 0.333 e. The molecule has 0 atom stereocenters. The van der Waals surface area contributed by atoms with Gasteiger partial charge in [-0.3, -0.25) is 10.1 Å². The lowest BCUT2D eigenvalue weighted by Crippen LogP contribution is -2.06. The second kappa shape index (κ2) is 9.21. The molecule has 0 fully saturated rings. The van der Waals surface area contributed by atoms with Gasteiger partial charge in [-0.05, 0) is 30.9 Å². The summed E-state index contributed by atoms with van der Waals surface area (Å²) >= 11 is 0. The topological polar surface area (TPSA) is 64.4 Å². The van der Waals surface area contributed by atoms with E-state index in [0.29, 0.717) is 24.0 Å². The number of ether oxygens (including phenoxy) is 1. The largest absolute Gasteiger partial charge is 0.487 e. The molecular formula is C16H26N2O3. The zero-order valence-corrected chi connectivity index (χ0v) is 13.2. The van der Waals surface area contributed by atoms with E-state index < -0.39 is 0 Å². The van der Waals surface area contributed by atoms with Crippen LogP contribution in [0.5, 0.6) is 5.75 Å². The maximum Gasteiger partial charge on any atom is 0.333 e. The number of nitro groups is 1. The van der Waals surface area contributed by atoms with Crippen molar-refractivity contribution in [2.75, 3.05) is 18.5 Å². The van der Waals surface area contributed by atoms with Crippen molar-refractivity contribution in [3.05, 3.63) is 28.3 Å². The molecule has 0 saturated carbocycles. The zero-order valence-electron chi connectivity index (χ0n) is 13.2. The Morgan fingerprint density at radius 1 is 1.33 bits per heavy atom. The van der Waals surface area contributed by atoms with Crippen molar-refractivity contribution in [3.63, 3.8) is 0 Å². The van der Waals surface area contributed by atoms with Gasteiger partial charge in [-0.1, -0.05) is 39.7 Å². The van der Waals surface area contributed by atoms with E-state index in [1.807, 2.05) is 6.92 Å². The molecule has 0 aliphatic rings.